The molecule has 0 unspecified atom stereocenters. The minimum atomic E-state index is -0.165. The van der Waals surface area contributed by atoms with Crippen LogP contribution in [0.4, 0.5) is 5.69 Å². The molecule has 1 amide bonds. The Hall–Kier alpha value is -1.92. The van der Waals surface area contributed by atoms with Crippen LogP contribution in [0, 0.1) is 6.92 Å². The molecule has 0 atom stereocenters. The normalized spacial score (nSPS) is 10.2. The van der Waals surface area contributed by atoms with Gasteiger partial charge in [0.25, 0.3) is 5.91 Å². The van der Waals surface area contributed by atoms with E-state index in [2.05, 4.69) is 10.3 Å². The molecule has 0 aliphatic heterocycles. The molecule has 0 saturated carbocycles. The van der Waals surface area contributed by atoms with Gasteiger partial charge in [0, 0.05) is 18.3 Å². The highest BCUT2D eigenvalue weighted by atomic mass is 32.1. The highest BCUT2D eigenvalue weighted by Crippen LogP contribution is 2.19. The molecule has 100 valence electrons. The number of carbonyl (C=O) groups excluding carboxylic acids is 1. The summed E-state index contributed by atoms with van der Waals surface area (Å²) in [7, 11) is 0. The number of hydrogen-bond acceptors (Lipinski definition) is 5. The van der Waals surface area contributed by atoms with Crippen LogP contribution in [-0.4, -0.2) is 24.0 Å². The number of thiazole rings is 1. The maximum absolute atomic E-state index is 12.0. The predicted molar refractivity (Wildman–Crippen MR) is 75.8 cm³/mol. The van der Waals surface area contributed by atoms with Gasteiger partial charge in [-0.2, -0.15) is 0 Å². The molecule has 1 aromatic heterocycles. The van der Waals surface area contributed by atoms with Crippen molar-refractivity contribution in [3.8, 4) is 5.75 Å². The molecule has 0 spiro atoms. The van der Waals surface area contributed by atoms with Crippen LogP contribution in [-0.2, 0) is 0 Å². The Morgan fingerprint density at radius 3 is 3.05 bits per heavy atom. The third kappa shape index (κ3) is 3.77. The number of carbonyl (C=O) groups is 1. The Labute approximate surface area is 115 Å². The third-order valence-corrected chi connectivity index (χ3v) is 3.24. The Bertz CT molecular complexity index is 569. The molecule has 5 nitrogen and oxygen atoms in total. The van der Waals surface area contributed by atoms with Gasteiger partial charge in [-0.25, -0.2) is 4.98 Å². The fraction of sp³-hybridized carbons (Fsp3) is 0.231. The van der Waals surface area contributed by atoms with Crippen molar-refractivity contribution in [3.05, 3.63) is 40.3 Å². The first kappa shape index (κ1) is 13.5. The average molecular weight is 277 g/mol. The number of aromatic nitrogens is 1. The quantitative estimate of drug-likeness (QED) is 0.876. The maximum Gasteiger partial charge on any atom is 0.267 e. The molecule has 2 rings (SSSR count). The van der Waals surface area contributed by atoms with Crippen LogP contribution in [0.25, 0.3) is 0 Å². The minimum Gasteiger partial charge on any atom is -0.492 e. The smallest absolute Gasteiger partial charge is 0.267 e. The summed E-state index contributed by atoms with van der Waals surface area (Å²) in [5, 5.41) is 3.67. The predicted octanol–water partition coefficient (Wildman–Crippen LogP) is 2.04. The largest absolute Gasteiger partial charge is 0.492 e. The number of nitrogens with two attached hydrogens (primary N) is 1. The van der Waals surface area contributed by atoms with Gasteiger partial charge in [0.15, 0.2) is 0 Å². The van der Waals surface area contributed by atoms with Crippen molar-refractivity contribution in [2.24, 2.45) is 5.73 Å². The van der Waals surface area contributed by atoms with Crippen LogP contribution < -0.4 is 15.8 Å². The molecule has 2 aromatic rings. The van der Waals surface area contributed by atoms with Crippen molar-refractivity contribution in [2.45, 2.75) is 6.92 Å². The average Bonchev–Trinajstić information content (AvgIpc) is 2.83. The van der Waals surface area contributed by atoms with Crippen molar-refractivity contribution < 1.29 is 9.53 Å². The standard InChI is InChI=1S/C13H15N3O2S/c1-9-15-8-12(19-9)13(17)16-10-3-2-4-11(7-10)18-6-5-14/h2-4,7-8H,5-6,14H2,1H3,(H,16,17). The fourth-order valence-corrected chi connectivity index (χ4v) is 2.17. The Morgan fingerprint density at radius 2 is 2.37 bits per heavy atom. The summed E-state index contributed by atoms with van der Waals surface area (Å²) in [6, 6.07) is 7.21. The SMILES string of the molecule is Cc1ncc(C(=O)Nc2cccc(OCCN)c2)s1. The van der Waals surface area contributed by atoms with Gasteiger partial charge in [0.05, 0.1) is 11.2 Å². The molecule has 19 heavy (non-hydrogen) atoms. The van der Waals surface area contributed by atoms with Crippen LogP contribution in [0.2, 0.25) is 0 Å². The fourth-order valence-electron chi connectivity index (χ4n) is 1.50. The zero-order valence-corrected chi connectivity index (χ0v) is 11.4. The van der Waals surface area contributed by atoms with E-state index < -0.39 is 0 Å². The number of benzene rings is 1. The molecule has 0 bridgehead atoms. The molecule has 6 heteroatoms. The second-order valence-corrected chi connectivity index (χ2v) is 5.10. The zero-order chi connectivity index (χ0) is 13.7. The van der Waals surface area contributed by atoms with E-state index in [4.69, 9.17) is 10.5 Å². The van der Waals surface area contributed by atoms with E-state index in [1.807, 2.05) is 19.1 Å². The number of ether oxygens (including phenoxy) is 1. The van der Waals surface area contributed by atoms with Crippen LogP contribution in [0.5, 0.6) is 5.75 Å². The van der Waals surface area contributed by atoms with Crippen molar-refractivity contribution in [1.82, 2.24) is 4.98 Å². The van der Waals surface area contributed by atoms with E-state index in [9.17, 15) is 4.79 Å². The van der Waals surface area contributed by atoms with Crippen LogP contribution in [0.15, 0.2) is 30.5 Å². The summed E-state index contributed by atoms with van der Waals surface area (Å²) < 4.78 is 5.40. The highest BCUT2D eigenvalue weighted by Gasteiger charge is 2.09. The van der Waals surface area contributed by atoms with Crippen LogP contribution in [0.3, 0.4) is 0 Å². The summed E-state index contributed by atoms with van der Waals surface area (Å²) in [6.07, 6.45) is 1.57. The lowest BCUT2D eigenvalue weighted by Crippen LogP contribution is -2.12. The third-order valence-electron chi connectivity index (χ3n) is 2.32. The number of aryl methyl sites for hydroxylation is 1. The summed E-state index contributed by atoms with van der Waals surface area (Å²) in [5.74, 6) is 0.519. The molecule has 0 aliphatic rings. The van der Waals surface area contributed by atoms with Crippen molar-refractivity contribution >= 4 is 22.9 Å². The van der Waals surface area contributed by atoms with Gasteiger partial charge in [0.2, 0.25) is 0 Å². The van der Waals surface area contributed by atoms with Crippen LogP contribution in [0.1, 0.15) is 14.7 Å². The van der Waals surface area contributed by atoms with E-state index >= 15 is 0 Å². The van der Waals surface area contributed by atoms with E-state index in [1.165, 1.54) is 11.3 Å². The van der Waals surface area contributed by atoms with Crippen molar-refractivity contribution in [2.75, 3.05) is 18.5 Å². The molecule has 1 heterocycles. The molecule has 0 radical (unpaired) electrons. The lowest BCUT2D eigenvalue weighted by atomic mass is 10.3. The van der Waals surface area contributed by atoms with Gasteiger partial charge < -0.3 is 15.8 Å². The molecule has 1 aromatic carbocycles. The van der Waals surface area contributed by atoms with Gasteiger partial charge in [-0.15, -0.1) is 11.3 Å². The first-order valence-electron chi connectivity index (χ1n) is 5.86. The second kappa shape index (κ2) is 6.31. The first-order chi connectivity index (χ1) is 9.19. The number of rotatable bonds is 5. The minimum absolute atomic E-state index is 0.165. The summed E-state index contributed by atoms with van der Waals surface area (Å²) >= 11 is 1.36. The summed E-state index contributed by atoms with van der Waals surface area (Å²) in [4.78, 5) is 16.6. The van der Waals surface area contributed by atoms with Gasteiger partial charge in [-0.05, 0) is 19.1 Å². The maximum atomic E-state index is 12.0. The first-order valence-corrected chi connectivity index (χ1v) is 6.67. The number of amides is 1. The van der Waals surface area contributed by atoms with E-state index in [0.29, 0.717) is 29.5 Å². The molecule has 0 fully saturated rings. The lowest BCUT2D eigenvalue weighted by Gasteiger charge is -2.07. The number of anilines is 1. The molecule has 0 aliphatic carbocycles. The van der Waals surface area contributed by atoms with Crippen LogP contribution >= 0.6 is 11.3 Å². The summed E-state index contributed by atoms with van der Waals surface area (Å²) in [6.45, 7) is 2.77. The van der Waals surface area contributed by atoms with E-state index in [1.54, 1.807) is 18.3 Å². The topological polar surface area (TPSA) is 77.2 Å². The summed E-state index contributed by atoms with van der Waals surface area (Å²) in [5.41, 5.74) is 6.06. The van der Waals surface area contributed by atoms with Gasteiger partial charge >= 0.3 is 0 Å². The number of nitrogens with one attached hydrogen (secondary N) is 1. The van der Waals surface area contributed by atoms with E-state index in [0.717, 1.165) is 5.01 Å². The Morgan fingerprint density at radius 1 is 1.53 bits per heavy atom. The Balaban J connectivity index is 2.04. The lowest BCUT2D eigenvalue weighted by molar-refractivity contribution is 0.103. The van der Waals surface area contributed by atoms with Gasteiger partial charge in [-0.3, -0.25) is 4.79 Å². The van der Waals surface area contributed by atoms with E-state index in [-0.39, 0.29) is 5.91 Å². The van der Waals surface area contributed by atoms with Gasteiger partial charge in [-0.1, -0.05) is 6.07 Å². The number of nitrogens with zero attached hydrogens (tertiary/aromatic N) is 1. The van der Waals surface area contributed by atoms with Crippen molar-refractivity contribution in [1.29, 1.82) is 0 Å². The molecule has 3 N–H and O–H groups in total. The number of hydrogen-bond donors (Lipinski definition) is 2. The Kier molecular flexibility index (Phi) is 4.48. The molecular weight excluding hydrogens is 262 g/mol. The monoisotopic (exact) mass is 277 g/mol. The molecule has 0 saturated heterocycles. The van der Waals surface area contributed by atoms with Crippen molar-refractivity contribution in [3.63, 3.8) is 0 Å². The highest BCUT2D eigenvalue weighted by molar-refractivity contribution is 7.13. The van der Waals surface area contributed by atoms with Gasteiger partial charge in [0.1, 0.15) is 17.2 Å². The zero-order valence-electron chi connectivity index (χ0n) is 10.6. The second-order valence-electron chi connectivity index (χ2n) is 3.86. The molecular formula is C13H15N3O2S.